The molecule has 0 aliphatic heterocycles. The van der Waals surface area contributed by atoms with Crippen LogP contribution in [0.3, 0.4) is 0 Å². The number of thiazole rings is 1. The molecule has 1 heterocycles. The minimum absolute atomic E-state index is 0.0237. The number of hydrogen-bond donors (Lipinski definition) is 1. The van der Waals surface area contributed by atoms with Crippen LogP contribution in [0.15, 0.2) is 28.1 Å². The fourth-order valence-electron chi connectivity index (χ4n) is 1.44. The summed E-state index contributed by atoms with van der Waals surface area (Å²) in [7, 11) is 0. The third-order valence-corrected chi connectivity index (χ3v) is 4.29. The van der Waals surface area contributed by atoms with Crippen molar-refractivity contribution in [2.45, 2.75) is 20.0 Å². The van der Waals surface area contributed by atoms with Gasteiger partial charge in [0.2, 0.25) is 0 Å². The lowest BCUT2D eigenvalue weighted by Gasteiger charge is -1.98. The molecule has 2 aromatic rings. The molecule has 0 bridgehead atoms. The van der Waals surface area contributed by atoms with E-state index >= 15 is 0 Å². The largest absolute Gasteiger partial charge is 0.390 e. The van der Waals surface area contributed by atoms with Gasteiger partial charge in [0.15, 0.2) is 0 Å². The van der Waals surface area contributed by atoms with Crippen LogP contribution >= 0.6 is 27.3 Å². The number of benzene rings is 1. The molecule has 0 spiro atoms. The molecule has 16 heavy (non-hydrogen) atoms. The number of hydrogen-bond acceptors (Lipinski definition) is 3. The first-order valence-electron chi connectivity index (χ1n) is 5.10. The highest BCUT2D eigenvalue weighted by atomic mass is 79.9. The molecule has 0 unspecified atom stereocenters. The van der Waals surface area contributed by atoms with E-state index in [1.165, 1.54) is 5.56 Å². The van der Waals surface area contributed by atoms with E-state index in [0.29, 0.717) is 5.69 Å². The molecule has 1 N–H and O–H groups in total. The first kappa shape index (κ1) is 11.8. The maximum Gasteiger partial charge on any atom is 0.124 e. The quantitative estimate of drug-likeness (QED) is 0.938. The highest BCUT2D eigenvalue weighted by Gasteiger charge is 2.09. The molecular formula is C12H12BrNOS. The molecule has 0 fully saturated rings. The molecule has 0 saturated carbocycles. The highest BCUT2D eigenvalue weighted by molar-refractivity contribution is 9.11. The molecular weight excluding hydrogens is 286 g/mol. The van der Waals surface area contributed by atoms with Gasteiger partial charge in [-0.3, -0.25) is 0 Å². The molecule has 0 amide bonds. The van der Waals surface area contributed by atoms with Crippen molar-refractivity contribution in [3.05, 3.63) is 39.3 Å². The standard InChI is InChI=1S/C12H12BrNOS/c1-2-8-3-5-9(6-4-8)12-14-10(7-15)11(13)16-12/h3-6,15H,2,7H2,1H3. The van der Waals surface area contributed by atoms with Gasteiger partial charge < -0.3 is 5.11 Å². The fraction of sp³-hybridized carbons (Fsp3) is 0.250. The van der Waals surface area contributed by atoms with Crippen LogP contribution in [0.1, 0.15) is 18.2 Å². The second-order valence-corrected chi connectivity index (χ2v) is 5.76. The summed E-state index contributed by atoms with van der Waals surface area (Å²) in [6.07, 6.45) is 1.05. The van der Waals surface area contributed by atoms with Crippen molar-refractivity contribution in [1.29, 1.82) is 0 Å². The van der Waals surface area contributed by atoms with Crippen LogP contribution in [-0.2, 0) is 13.0 Å². The number of aliphatic hydroxyl groups excluding tert-OH is 1. The van der Waals surface area contributed by atoms with Crippen LogP contribution in [0.25, 0.3) is 10.6 Å². The minimum atomic E-state index is -0.0237. The molecule has 4 heteroatoms. The second-order valence-electron chi connectivity index (χ2n) is 3.45. The summed E-state index contributed by atoms with van der Waals surface area (Å²) in [5, 5.41) is 10.0. The predicted molar refractivity (Wildman–Crippen MR) is 70.6 cm³/mol. The number of aliphatic hydroxyl groups is 1. The number of rotatable bonds is 3. The van der Waals surface area contributed by atoms with Crippen LogP contribution in [0.2, 0.25) is 0 Å². The van der Waals surface area contributed by atoms with Crippen molar-refractivity contribution < 1.29 is 5.11 Å². The van der Waals surface area contributed by atoms with Gasteiger partial charge in [0.1, 0.15) is 5.01 Å². The second kappa shape index (κ2) is 5.08. The lowest BCUT2D eigenvalue weighted by Crippen LogP contribution is -1.84. The van der Waals surface area contributed by atoms with Crippen molar-refractivity contribution in [1.82, 2.24) is 4.98 Å². The Morgan fingerprint density at radius 1 is 1.31 bits per heavy atom. The van der Waals surface area contributed by atoms with Gasteiger partial charge in [-0.25, -0.2) is 4.98 Å². The summed E-state index contributed by atoms with van der Waals surface area (Å²) >= 11 is 4.95. The molecule has 1 aromatic heterocycles. The number of halogens is 1. The van der Waals surface area contributed by atoms with Gasteiger partial charge in [-0.2, -0.15) is 0 Å². The molecule has 2 nitrogen and oxygen atoms in total. The smallest absolute Gasteiger partial charge is 0.124 e. The van der Waals surface area contributed by atoms with E-state index in [2.05, 4.69) is 52.1 Å². The zero-order chi connectivity index (χ0) is 11.5. The van der Waals surface area contributed by atoms with Crippen molar-refractivity contribution >= 4 is 27.3 Å². The Balaban J connectivity index is 2.34. The third kappa shape index (κ3) is 2.34. The van der Waals surface area contributed by atoms with Gasteiger partial charge >= 0.3 is 0 Å². The van der Waals surface area contributed by atoms with E-state index in [1.54, 1.807) is 11.3 Å². The summed E-state index contributed by atoms with van der Waals surface area (Å²) < 4.78 is 0.907. The van der Waals surface area contributed by atoms with E-state index in [0.717, 1.165) is 20.8 Å². The van der Waals surface area contributed by atoms with Crippen LogP contribution < -0.4 is 0 Å². The lowest BCUT2D eigenvalue weighted by molar-refractivity contribution is 0.277. The maximum atomic E-state index is 9.08. The molecule has 2 rings (SSSR count). The van der Waals surface area contributed by atoms with Gasteiger partial charge in [0.05, 0.1) is 16.1 Å². The van der Waals surface area contributed by atoms with Gasteiger partial charge in [-0.1, -0.05) is 31.2 Å². The Hall–Kier alpha value is -0.710. The third-order valence-electron chi connectivity index (χ3n) is 2.41. The Morgan fingerprint density at radius 3 is 2.50 bits per heavy atom. The first-order valence-corrected chi connectivity index (χ1v) is 6.71. The number of aryl methyl sites for hydroxylation is 1. The van der Waals surface area contributed by atoms with E-state index < -0.39 is 0 Å². The van der Waals surface area contributed by atoms with Crippen molar-refractivity contribution in [2.24, 2.45) is 0 Å². The molecule has 1 aromatic carbocycles. The summed E-state index contributed by atoms with van der Waals surface area (Å²) in [6, 6.07) is 8.38. The van der Waals surface area contributed by atoms with Crippen LogP contribution in [-0.4, -0.2) is 10.1 Å². The summed E-state index contributed by atoms with van der Waals surface area (Å²) in [5.74, 6) is 0. The van der Waals surface area contributed by atoms with Crippen molar-refractivity contribution in [2.75, 3.05) is 0 Å². The minimum Gasteiger partial charge on any atom is -0.390 e. The average Bonchev–Trinajstić information content (AvgIpc) is 2.71. The zero-order valence-electron chi connectivity index (χ0n) is 8.90. The Morgan fingerprint density at radius 2 is 2.00 bits per heavy atom. The summed E-state index contributed by atoms with van der Waals surface area (Å²) in [5.41, 5.74) is 3.13. The summed E-state index contributed by atoms with van der Waals surface area (Å²) in [6.45, 7) is 2.11. The Kier molecular flexibility index (Phi) is 3.74. The molecule has 84 valence electrons. The van der Waals surface area contributed by atoms with Crippen LogP contribution in [0, 0.1) is 0 Å². The zero-order valence-corrected chi connectivity index (χ0v) is 11.3. The Bertz CT molecular complexity index is 478. The van der Waals surface area contributed by atoms with Crippen molar-refractivity contribution in [3.63, 3.8) is 0 Å². The van der Waals surface area contributed by atoms with Gasteiger partial charge in [0, 0.05) is 5.56 Å². The van der Waals surface area contributed by atoms with E-state index in [4.69, 9.17) is 5.11 Å². The van der Waals surface area contributed by atoms with Gasteiger partial charge in [-0.05, 0) is 27.9 Å². The molecule has 0 aliphatic carbocycles. The van der Waals surface area contributed by atoms with Gasteiger partial charge in [0.25, 0.3) is 0 Å². The maximum absolute atomic E-state index is 9.08. The molecule has 0 saturated heterocycles. The summed E-state index contributed by atoms with van der Waals surface area (Å²) in [4.78, 5) is 4.38. The SMILES string of the molecule is CCc1ccc(-c2nc(CO)c(Br)s2)cc1. The van der Waals surface area contributed by atoms with Gasteiger partial charge in [-0.15, -0.1) is 11.3 Å². The predicted octanol–water partition coefficient (Wildman–Crippen LogP) is 3.63. The molecule has 0 radical (unpaired) electrons. The topological polar surface area (TPSA) is 33.1 Å². The first-order chi connectivity index (χ1) is 7.74. The molecule has 0 aliphatic rings. The van der Waals surface area contributed by atoms with E-state index in [-0.39, 0.29) is 6.61 Å². The van der Waals surface area contributed by atoms with E-state index in [9.17, 15) is 0 Å². The van der Waals surface area contributed by atoms with Crippen molar-refractivity contribution in [3.8, 4) is 10.6 Å². The monoisotopic (exact) mass is 297 g/mol. The van der Waals surface area contributed by atoms with Crippen LogP contribution in [0.5, 0.6) is 0 Å². The Labute approximate surface area is 107 Å². The van der Waals surface area contributed by atoms with Crippen LogP contribution in [0.4, 0.5) is 0 Å². The number of aromatic nitrogens is 1. The highest BCUT2D eigenvalue weighted by Crippen LogP contribution is 2.32. The van der Waals surface area contributed by atoms with E-state index in [1.807, 2.05) is 0 Å². The average molecular weight is 298 g/mol. The number of nitrogens with zero attached hydrogens (tertiary/aromatic N) is 1. The lowest BCUT2D eigenvalue weighted by atomic mass is 10.1. The normalized spacial score (nSPS) is 10.7. The molecule has 0 atom stereocenters. The fourth-order valence-corrected chi connectivity index (χ4v) is 2.92.